The molecule has 0 heterocycles. The highest BCUT2D eigenvalue weighted by Crippen LogP contribution is 2.32. The zero-order chi connectivity index (χ0) is 15.4. The van der Waals surface area contributed by atoms with Crippen molar-refractivity contribution in [2.45, 2.75) is 12.0 Å². The Balaban J connectivity index is 2.12. The quantitative estimate of drug-likeness (QED) is 0.763. The van der Waals surface area contributed by atoms with Crippen LogP contribution in [0.1, 0.15) is 16.7 Å². The molecule has 3 aromatic carbocycles. The van der Waals surface area contributed by atoms with E-state index in [0.717, 1.165) is 11.1 Å². The first-order valence-electron chi connectivity index (χ1n) is 7.33. The molecule has 0 saturated carbocycles. The number of nitrogens with two attached hydrogens (primary N) is 1. The molecular weight excluding hydrogens is 273 g/mol. The number of halogens is 1. The maximum atomic E-state index is 14.4. The van der Waals surface area contributed by atoms with Gasteiger partial charge in [0, 0.05) is 5.56 Å². The molecule has 1 unspecified atom stereocenters. The second kappa shape index (κ2) is 6.12. The molecule has 1 nitrogen and oxygen atoms in total. The molecule has 0 aliphatic rings. The molecule has 0 radical (unpaired) electrons. The molecule has 0 spiro atoms. The summed E-state index contributed by atoms with van der Waals surface area (Å²) in [4.78, 5) is 0. The highest BCUT2D eigenvalue weighted by atomic mass is 19.1. The largest absolute Gasteiger partial charge is 0.317 e. The fourth-order valence-corrected chi connectivity index (χ4v) is 2.83. The second-order valence-electron chi connectivity index (χ2n) is 5.48. The molecule has 3 aromatic rings. The summed E-state index contributed by atoms with van der Waals surface area (Å²) in [6, 6.07) is 26.4. The van der Waals surface area contributed by atoms with Crippen molar-refractivity contribution in [3.63, 3.8) is 0 Å². The zero-order valence-electron chi connectivity index (χ0n) is 12.2. The summed E-state index contributed by atoms with van der Waals surface area (Å²) in [7, 11) is 0. The topological polar surface area (TPSA) is 26.0 Å². The maximum Gasteiger partial charge on any atom is 0.128 e. The maximum absolute atomic E-state index is 14.4. The Morgan fingerprint density at radius 1 is 0.727 bits per heavy atom. The number of rotatable bonds is 4. The average molecular weight is 291 g/mol. The lowest BCUT2D eigenvalue weighted by Crippen LogP contribution is -2.41. The molecule has 22 heavy (non-hydrogen) atoms. The molecule has 0 fully saturated rings. The van der Waals surface area contributed by atoms with Crippen LogP contribution in [0.4, 0.5) is 4.39 Å². The molecular formula is C20H18FN. The van der Waals surface area contributed by atoms with Crippen LogP contribution in [0.25, 0.3) is 0 Å². The van der Waals surface area contributed by atoms with Gasteiger partial charge >= 0.3 is 0 Å². The lowest BCUT2D eigenvalue weighted by molar-refractivity contribution is 0.491. The number of benzene rings is 3. The normalized spacial score (nSPS) is 13.5. The van der Waals surface area contributed by atoms with E-state index >= 15 is 0 Å². The van der Waals surface area contributed by atoms with Crippen molar-refractivity contribution >= 4 is 0 Å². The van der Waals surface area contributed by atoms with Gasteiger partial charge in [0.2, 0.25) is 0 Å². The van der Waals surface area contributed by atoms with E-state index in [4.69, 9.17) is 5.73 Å². The average Bonchev–Trinajstić information content (AvgIpc) is 2.57. The lowest BCUT2D eigenvalue weighted by atomic mass is 9.78. The molecule has 2 heteroatoms. The Bertz CT molecular complexity index is 740. The highest BCUT2D eigenvalue weighted by Gasteiger charge is 2.32. The second-order valence-corrected chi connectivity index (χ2v) is 5.48. The minimum Gasteiger partial charge on any atom is -0.317 e. The van der Waals surface area contributed by atoms with Gasteiger partial charge < -0.3 is 5.73 Å². The van der Waals surface area contributed by atoms with Crippen molar-refractivity contribution in [3.8, 4) is 0 Å². The van der Waals surface area contributed by atoms with E-state index in [2.05, 4.69) is 0 Å². The van der Waals surface area contributed by atoms with Crippen LogP contribution in [0, 0.1) is 5.82 Å². The summed E-state index contributed by atoms with van der Waals surface area (Å²) in [5.74, 6) is -0.273. The van der Waals surface area contributed by atoms with E-state index < -0.39 is 5.54 Å². The van der Waals surface area contributed by atoms with Gasteiger partial charge in [-0.1, -0.05) is 78.9 Å². The number of hydrogen-bond acceptors (Lipinski definition) is 1. The Labute approximate surface area is 130 Å². The molecule has 3 rings (SSSR count). The van der Waals surface area contributed by atoms with Gasteiger partial charge in [0.15, 0.2) is 0 Å². The first kappa shape index (κ1) is 14.5. The van der Waals surface area contributed by atoms with E-state index in [-0.39, 0.29) is 5.82 Å². The Morgan fingerprint density at radius 2 is 1.27 bits per heavy atom. The summed E-state index contributed by atoms with van der Waals surface area (Å²) in [5, 5.41) is 0. The molecule has 2 N–H and O–H groups in total. The van der Waals surface area contributed by atoms with Crippen LogP contribution in [0.15, 0.2) is 84.9 Å². The van der Waals surface area contributed by atoms with E-state index in [1.165, 1.54) is 6.07 Å². The van der Waals surface area contributed by atoms with Crippen LogP contribution >= 0.6 is 0 Å². The summed E-state index contributed by atoms with van der Waals surface area (Å²) in [5.41, 5.74) is 8.34. The molecule has 110 valence electrons. The van der Waals surface area contributed by atoms with Gasteiger partial charge in [-0.25, -0.2) is 4.39 Å². The third-order valence-corrected chi connectivity index (χ3v) is 3.97. The smallest absolute Gasteiger partial charge is 0.128 e. The molecule has 1 atom stereocenters. The van der Waals surface area contributed by atoms with Crippen LogP contribution in [0.5, 0.6) is 0 Å². The summed E-state index contributed by atoms with van der Waals surface area (Å²) in [6.45, 7) is 0. The lowest BCUT2D eigenvalue weighted by Gasteiger charge is -2.31. The van der Waals surface area contributed by atoms with Crippen molar-refractivity contribution in [2.24, 2.45) is 5.73 Å². The van der Waals surface area contributed by atoms with Gasteiger partial charge in [-0.15, -0.1) is 0 Å². The van der Waals surface area contributed by atoms with Gasteiger partial charge in [-0.05, 0) is 23.6 Å². The predicted octanol–water partition coefficient (Wildman–Crippen LogP) is 4.27. The first-order valence-corrected chi connectivity index (χ1v) is 7.33. The monoisotopic (exact) mass is 291 g/mol. The van der Waals surface area contributed by atoms with Gasteiger partial charge in [0.1, 0.15) is 5.82 Å². The third kappa shape index (κ3) is 2.78. The minimum absolute atomic E-state index is 0.273. The van der Waals surface area contributed by atoms with Crippen LogP contribution in [-0.4, -0.2) is 0 Å². The Kier molecular flexibility index (Phi) is 4.03. The fourth-order valence-electron chi connectivity index (χ4n) is 2.83. The van der Waals surface area contributed by atoms with Crippen LogP contribution in [0.2, 0.25) is 0 Å². The minimum atomic E-state index is -0.895. The van der Waals surface area contributed by atoms with Crippen molar-refractivity contribution in [1.29, 1.82) is 0 Å². The molecule has 0 aromatic heterocycles. The van der Waals surface area contributed by atoms with E-state index in [1.54, 1.807) is 12.1 Å². The Morgan fingerprint density at radius 3 is 1.91 bits per heavy atom. The van der Waals surface area contributed by atoms with Gasteiger partial charge in [0.05, 0.1) is 5.54 Å². The van der Waals surface area contributed by atoms with Gasteiger partial charge in [-0.2, -0.15) is 0 Å². The zero-order valence-corrected chi connectivity index (χ0v) is 12.2. The third-order valence-electron chi connectivity index (χ3n) is 3.97. The summed E-state index contributed by atoms with van der Waals surface area (Å²) in [6.07, 6.45) is 0.540. The van der Waals surface area contributed by atoms with E-state index in [0.29, 0.717) is 12.0 Å². The Hall–Kier alpha value is -2.45. The van der Waals surface area contributed by atoms with Crippen molar-refractivity contribution in [2.75, 3.05) is 0 Å². The first-order chi connectivity index (χ1) is 10.7. The summed E-state index contributed by atoms with van der Waals surface area (Å²) >= 11 is 0. The van der Waals surface area contributed by atoms with Crippen molar-refractivity contribution in [1.82, 2.24) is 0 Å². The van der Waals surface area contributed by atoms with Gasteiger partial charge in [0.25, 0.3) is 0 Å². The van der Waals surface area contributed by atoms with Crippen LogP contribution in [-0.2, 0) is 12.0 Å². The predicted molar refractivity (Wildman–Crippen MR) is 88.0 cm³/mol. The molecule has 0 aliphatic carbocycles. The van der Waals surface area contributed by atoms with E-state index in [1.807, 2.05) is 66.7 Å². The van der Waals surface area contributed by atoms with Crippen LogP contribution < -0.4 is 5.73 Å². The molecule has 0 amide bonds. The van der Waals surface area contributed by atoms with Crippen molar-refractivity contribution in [3.05, 3.63) is 107 Å². The van der Waals surface area contributed by atoms with Crippen molar-refractivity contribution < 1.29 is 4.39 Å². The SMILES string of the molecule is NC(Cc1ccccc1)(c1ccccc1)c1ccccc1F. The number of hydrogen-bond donors (Lipinski definition) is 1. The highest BCUT2D eigenvalue weighted by molar-refractivity contribution is 5.41. The standard InChI is InChI=1S/C20H18FN/c21-19-14-8-7-13-18(19)20(22,17-11-5-2-6-12-17)15-16-9-3-1-4-10-16/h1-14H,15,22H2. The molecule has 0 bridgehead atoms. The van der Waals surface area contributed by atoms with E-state index in [9.17, 15) is 4.39 Å². The molecule has 0 aliphatic heterocycles. The molecule has 0 saturated heterocycles. The summed E-state index contributed by atoms with van der Waals surface area (Å²) < 4.78 is 14.4. The van der Waals surface area contributed by atoms with Crippen LogP contribution in [0.3, 0.4) is 0 Å². The van der Waals surface area contributed by atoms with Gasteiger partial charge in [-0.3, -0.25) is 0 Å². The fraction of sp³-hybridized carbons (Fsp3) is 0.100.